The van der Waals surface area contributed by atoms with Crippen molar-refractivity contribution in [1.82, 2.24) is 58.9 Å². The van der Waals surface area contributed by atoms with Crippen LogP contribution in [0.4, 0.5) is 57.0 Å². The van der Waals surface area contributed by atoms with Gasteiger partial charge in [0.15, 0.2) is 34.6 Å². The first kappa shape index (κ1) is 48.8. The van der Waals surface area contributed by atoms with Crippen LogP contribution in [0.15, 0.2) is 107 Å². The Labute approximate surface area is 410 Å². The molecule has 5 N–H and O–H groups in total. The first-order valence-electron chi connectivity index (χ1n) is 22.4. The summed E-state index contributed by atoms with van der Waals surface area (Å²) in [6.45, 7) is 5.14. The third-order valence-corrected chi connectivity index (χ3v) is 11.1. The van der Waals surface area contributed by atoms with E-state index in [2.05, 4.69) is 56.7 Å². The second-order valence-corrected chi connectivity index (χ2v) is 17.6. The third kappa shape index (κ3) is 10.3. The molecule has 10 rings (SSSR count). The minimum Gasteiger partial charge on any atom is -0.443 e. The molecule has 0 aliphatic heterocycles. The zero-order valence-corrected chi connectivity index (χ0v) is 39.3. The SMILES string of the molecule is CN(C(=O)OC(C)(C)C)c1cc(Nc2cccn(-c3ncccc3F)c2=O)nc2c(C(=O)N[C@@H]3C[C@@H]3F)cnn12.CNc1cc(Nc2cccn(-c3ncccc3F)c2=O)nc2c(C(=O)N[C@@H]3C[C@@H]3F)cnn12. The van der Waals surface area contributed by atoms with E-state index in [-0.39, 0.29) is 75.7 Å². The van der Waals surface area contributed by atoms with Gasteiger partial charge in [-0.3, -0.25) is 33.2 Å². The van der Waals surface area contributed by atoms with Crippen molar-refractivity contribution in [3.05, 3.63) is 141 Å². The van der Waals surface area contributed by atoms with Crippen molar-refractivity contribution >= 4 is 63.8 Å². The van der Waals surface area contributed by atoms with Crippen molar-refractivity contribution in [2.75, 3.05) is 34.9 Å². The molecule has 8 heterocycles. The monoisotopic (exact) mass is 1000 g/mol. The maximum absolute atomic E-state index is 14.4. The lowest BCUT2D eigenvalue weighted by molar-refractivity contribution is 0.0587. The molecule has 2 aliphatic rings. The molecule has 22 nitrogen and oxygen atoms in total. The molecule has 0 radical (unpaired) electrons. The Bertz CT molecular complexity index is 3580. The van der Waals surface area contributed by atoms with Crippen molar-refractivity contribution < 1.29 is 36.7 Å². The highest BCUT2D eigenvalue weighted by molar-refractivity contribution is 6.01. The lowest BCUT2D eigenvalue weighted by Crippen LogP contribution is -2.35. The number of nitrogens with zero attached hydrogens (tertiary/aromatic N) is 11. The van der Waals surface area contributed by atoms with Crippen molar-refractivity contribution in [2.24, 2.45) is 0 Å². The lowest BCUT2D eigenvalue weighted by atomic mass is 10.2. The zero-order valence-electron chi connectivity index (χ0n) is 39.3. The maximum atomic E-state index is 14.4. The molecule has 2 aliphatic carbocycles. The van der Waals surface area contributed by atoms with E-state index in [1.54, 1.807) is 40.0 Å². The molecule has 0 aromatic carbocycles. The number of hydrogen-bond acceptors (Lipinski definition) is 15. The molecule has 8 aromatic heterocycles. The highest BCUT2D eigenvalue weighted by Crippen LogP contribution is 2.29. The van der Waals surface area contributed by atoms with Crippen molar-refractivity contribution in [1.29, 1.82) is 0 Å². The van der Waals surface area contributed by atoms with E-state index in [4.69, 9.17) is 4.74 Å². The Morgan fingerprint density at radius 1 is 0.712 bits per heavy atom. The van der Waals surface area contributed by atoms with Gasteiger partial charge in [-0.2, -0.15) is 19.2 Å². The van der Waals surface area contributed by atoms with Crippen molar-refractivity contribution in [3.63, 3.8) is 0 Å². The molecule has 4 atom stereocenters. The Balaban J connectivity index is 0.000000183. The zero-order chi connectivity index (χ0) is 51.9. The summed E-state index contributed by atoms with van der Waals surface area (Å²) in [4.78, 5) is 82.5. The molecular weight excluding hydrogens is 961 g/mol. The van der Waals surface area contributed by atoms with Crippen molar-refractivity contribution in [3.8, 4) is 11.6 Å². The fourth-order valence-corrected chi connectivity index (χ4v) is 7.22. The number of aromatic nitrogens is 10. The van der Waals surface area contributed by atoms with E-state index in [0.29, 0.717) is 5.82 Å². The van der Waals surface area contributed by atoms with Crippen LogP contribution in [0.1, 0.15) is 54.3 Å². The van der Waals surface area contributed by atoms with Gasteiger partial charge in [0.25, 0.3) is 22.9 Å². The number of carbonyl (C=O) groups is 3. The highest BCUT2D eigenvalue weighted by atomic mass is 19.1. The fraction of sp³-hybridized carbons (Fsp3) is 0.255. The van der Waals surface area contributed by atoms with Crippen LogP contribution in [0, 0.1) is 11.6 Å². The molecule has 0 saturated heterocycles. The molecule has 376 valence electrons. The lowest BCUT2D eigenvalue weighted by Gasteiger charge is -2.25. The number of alkyl halides is 2. The Kier molecular flexibility index (Phi) is 13.0. The molecule has 26 heteroatoms. The predicted octanol–water partition coefficient (Wildman–Crippen LogP) is 5.41. The Hall–Kier alpha value is -9.23. The van der Waals surface area contributed by atoms with Crippen LogP contribution in [0.3, 0.4) is 0 Å². The molecule has 8 aromatic rings. The average Bonchev–Trinajstić information content (AvgIpc) is 4.09. The first-order chi connectivity index (χ1) is 34.9. The highest BCUT2D eigenvalue weighted by Gasteiger charge is 2.40. The predicted molar refractivity (Wildman–Crippen MR) is 258 cm³/mol. The van der Waals surface area contributed by atoms with Gasteiger partial charge in [0.2, 0.25) is 0 Å². The van der Waals surface area contributed by atoms with Gasteiger partial charge in [-0.05, 0) is 69.3 Å². The summed E-state index contributed by atoms with van der Waals surface area (Å²) in [6, 6.07) is 13.2. The number of fused-ring (bicyclic) bond motifs is 2. The number of amides is 3. The number of nitrogens with one attached hydrogen (secondary N) is 5. The van der Waals surface area contributed by atoms with Gasteiger partial charge in [-0.15, -0.1) is 0 Å². The van der Waals surface area contributed by atoms with Crippen LogP contribution in [-0.2, 0) is 4.74 Å². The smallest absolute Gasteiger partial charge is 0.415 e. The van der Waals surface area contributed by atoms with Gasteiger partial charge < -0.3 is 31.3 Å². The number of pyridine rings is 4. The summed E-state index contributed by atoms with van der Waals surface area (Å²) in [7, 11) is 3.11. The molecule has 3 amide bonds. The number of ether oxygens (including phenoxy) is 1. The molecule has 0 bridgehead atoms. The molecular formula is C47H44F4N16O6. The van der Waals surface area contributed by atoms with Crippen LogP contribution in [0.5, 0.6) is 0 Å². The standard InChI is InChI=1S/C26H26F2N8O4.C21H18F2N8O2/c1-26(2,3)40-25(39)34(4)20-12-19(33-21-14(13-30-36(20)21)23(37)32-18-11-16(18)28)31-17-8-6-10-35(24(17)38)22-15(27)7-5-9-29-22;1-24-17-9-16(29-18-11(10-26-31(17)18)20(32)28-15-8-13(15)23)27-14-5-3-7-30(21(14)33)19-12(22)4-2-6-25-19/h5-10,12-13,16,18H,11H2,1-4H3,(H,31,33)(H,32,37);2-7,9-10,13,15,24H,8H2,1H3,(H,27,29)(H,28,32)/t16-,18+;13-,15+/m00/s1. The minimum atomic E-state index is -1.12. The van der Waals surface area contributed by atoms with Gasteiger partial charge in [-0.25, -0.2) is 42.3 Å². The third-order valence-electron chi connectivity index (χ3n) is 11.1. The molecule has 0 unspecified atom stereocenters. The van der Waals surface area contributed by atoms with Gasteiger partial charge in [0.1, 0.15) is 63.7 Å². The normalized spacial score (nSPS) is 16.7. The summed E-state index contributed by atoms with van der Waals surface area (Å²) < 4.78 is 65.4. The maximum Gasteiger partial charge on any atom is 0.415 e. The van der Waals surface area contributed by atoms with E-state index >= 15 is 0 Å². The van der Waals surface area contributed by atoms with Gasteiger partial charge in [-0.1, -0.05) is 0 Å². The van der Waals surface area contributed by atoms with Crippen molar-refractivity contribution in [2.45, 2.75) is 63.6 Å². The quantitative estimate of drug-likeness (QED) is 0.0960. The van der Waals surface area contributed by atoms with E-state index in [1.165, 1.54) is 107 Å². The van der Waals surface area contributed by atoms with Gasteiger partial charge >= 0.3 is 6.09 Å². The number of halogens is 4. The molecule has 0 spiro atoms. The Morgan fingerprint density at radius 2 is 1.18 bits per heavy atom. The summed E-state index contributed by atoms with van der Waals surface area (Å²) in [5.41, 5.74) is -1.39. The second kappa shape index (κ2) is 19.5. The van der Waals surface area contributed by atoms with E-state index in [0.717, 1.165) is 9.13 Å². The molecule has 2 saturated carbocycles. The summed E-state index contributed by atoms with van der Waals surface area (Å²) in [5, 5.41) is 22.3. The van der Waals surface area contributed by atoms with Crippen LogP contribution in [0.2, 0.25) is 0 Å². The number of anilines is 6. The summed E-state index contributed by atoms with van der Waals surface area (Å²) in [5.74, 6) is -1.79. The average molecular weight is 1000 g/mol. The first-order valence-corrected chi connectivity index (χ1v) is 22.4. The number of hydrogen-bond donors (Lipinski definition) is 5. The molecule has 73 heavy (non-hydrogen) atoms. The Morgan fingerprint density at radius 3 is 1.63 bits per heavy atom. The molecule has 2 fully saturated rings. The number of rotatable bonds is 12. The van der Waals surface area contributed by atoms with Gasteiger partial charge in [0.05, 0.1) is 24.5 Å². The van der Waals surface area contributed by atoms with Crippen LogP contribution >= 0.6 is 0 Å². The topological polar surface area (TPSA) is 254 Å². The van der Waals surface area contributed by atoms with Crippen LogP contribution < -0.4 is 42.6 Å². The number of carbonyl (C=O) groups excluding carboxylic acids is 3. The van der Waals surface area contributed by atoms with E-state index in [9.17, 15) is 41.5 Å². The second-order valence-electron chi connectivity index (χ2n) is 17.6. The summed E-state index contributed by atoms with van der Waals surface area (Å²) in [6.07, 6.45) is 5.75. The van der Waals surface area contributed by atoms with Crippen LogP contribution in [-0.4, -0.2) is 110 Å². The minimum absolute atomic E-state index is 0.0130. The largest absolute Gasteiger partial charge is 0.443 e. The van der Waals surface area contributed by atoms with Crippen LogP contribution in [0.25, 0.3) is 22.9 Å². The van der Waals surface area contributed by atoms with E-state index in [1.807, 2.05) is 0 Å². The fourth-order valence-electron chi connectivity index (χ4n) is 7.22. The van der Waals surface area contributed by atoms with Gasteiger partial charge in [0, 0.05) is 63.9 Å². The summed E-state index contributed by atoms with van der Waals surface area (Å²) >= 11 is 0. The van der Waals surface area contributed by atoms with E-state index < -0.39 is 70.7 Å².